The highest BCUT2D eigenvalue weighted by atomic mass is 16.5. The van der Waals surface area contributed by atoms with Crippen molar-refractivity contribution in [1.29, 1.82) is 0 Å². The van der Waals surface area contributed by atoms with Gasteiger partial charge in [0.25, 0.3) is 11.5 Å². The molecule has 4 aromatic rings. The van der Waals surface area contributed by atoms with Gasteiger partial charge in [-0.15, -0.1) is 0 Å². The van der Waals surface area contributed by atoms with E-state index in [2.05, 4.69) is 15.5 Å². The molecule has 0 aliphatic rings. The Hall–Kier alpha value is -4.26. The zero-order chi connectivity index (χ0) is 20.9. The number of nitrogens with one attached hydrogen (secondary N) is 2. The second-order valence-electron chi connectivity index (χ2n) is 6.54. The molecular weight excluding hydrogens is 382 g/mol. The number of hydrogen-bond donors (Lipinski definition) is 2. The fourth-order valence-corrected chi connectivity index (χ4v) is 2.96. The van der Waals surface area contributed by atoms with E-state index in [0.29, 0.717) is 27.6 Å². The van der Waals surface area contributed by atoms with Crippen molar-refractivity contribution in [1.82, 2.24) is 10.2 Å². The summed E-state index contributed by atoms with van der Waals surface area (Å²) in [6.45, 7) is 0.00848. The van der Waals surface area contributed by atoms with Crippen molar-refractivity contribution in [3.05, 3.63) is 106 Å². The Morgan fingerprint density at radius 1 is 0.867 bits per heavy atom. The van der Waals surface area contributed by atoms with Crippen molar-refractivity contribution in [3.8, 4) is 0 Å². The molecule has 3 aromatic carbocycles. The lowest BCUT2D eigenvalue weighted by Crippen LogP contribution is -2.16. The van der Waals surface area contributed by atoms with Gasteiger partial charge in [0.15, 0.2) is 5.69 Å². The zero-order valence-electron chi connectivity index (χ0n) is 15.8. The summed E-state index contributed by atoms with van der Waals surface area (Å²) >= 11 is 0. The number of amides is 1. The summed E-state index contributed by atoms with van der Waals surface area (Å²) in [4.78, 5) is 36.6. The first-order chi connectivity index (χ1) is 14.6. The van der Waals surface area contributed by atoms with Crippen LogP contribution in [0.25, 0.3) is 10.8 Å². The van der Waals surface area contributed by atoms with Crippen LogP contribution in [0.3, 0.4) is 0 Å². The van der Waals surface area contributed by atoms with Crippen LogP contribution in [-0.2, 0) is 11.3 Å². The maximum absolute atomic E-state index is 12.5. The first kappa shape index (κ1) is 19.1. The van der Waals surface area contributed by atoms with Gasteiger partial charge in [-0.2, -0.15) is 5.10 Å². The van der Waals surface area contributed by atoms with Crippen molar-refractivity contribution in [2.75, 3.05) is 5.32 Å². The van der Waals surface area contributed by atoms with Crippen LogP contribution in [-0.4, -0.2) is 22.1 Å². The Morgan fingerprint density at radius 3 is 2.27 bits per heavy atom. The lowest BCUT2D eigenvalue weighted by molar-refractivity contribution is 0.0466. The van der Waals surface area contributed by atoms with E-state index in [4.69, 9.17) is 4.74 Å². The van der Waals surface area contributed by atoms with Gasteiger partial charge in [-0.25, -0.2) is 9.89 Å². The van der Waals surface area contributed by atoms with Crippen molar-refractivity contribution < 1.29 is 14.3 Å². The number of rotatable bonds is 5. The molecule has 0 aliphatic carbocycles. The fourth-order valence-electron chi connectivity index (χ4n) is 2.96. The normalized spacial score (nSPS) is 10.5. The number of nitrogens with zero attached hydrogens (tertiary/aromatic N) is 1. The molecule has 7 heteroatoms. The predicted octanol–water partition coefficient (Wildman–Crippen LogP) is 3.53. The number of carbonyl (C=O) groups excluding carboxylic acids is 2. The summed E-state index contributed by atoms with van der Waals surface area (Å²) < 4.78 is 5.33. The van der Waals surface area contributed by atoms with E-state index in [0.717, 1.165) is 0 Å². The van der Waals surface area contributed by atoms with Gasteiger partial charge in [0.1, 0.15) is 6.61 Å². The van der Waals surface area contributed by atoms with Crippen LogP contribution in [0.15, 0.2) is 83.7 Å². The predicted molar refractivity (Wildman–Crippen MR) is 112 cm³/mol. The number of aromatic nitrogens is 2. The van der Waals surface area contributed by atoms with Crippen LogP contribution >= 0.6 is 0 Å². The van der Waals surface area contributed by atoms with E-state index in [9.17, 15) is 14.4 Å². The Bertz CT molecular complexity index is 1270. The molecular formula is C23H17N3O4. The number of aromatic amines is 1. The fraction of sp³-hybridized carbons (Fsp3) is 0.0435. The van der Waals surface area contributed by atoms with Crippen molar-refractivity contribution in [2.45, 2.75) is 6.61 Å². The molecule has 0 fully saturated rings. The van der Waals surface area contributed by atoms with E-state index < -0.39 is 5.97 Å². The third-order valence-corrected chi connectivity index (χ3v) is 4.51. The number of hydrogen-bond acceptors (Lipinski definition) is 5. The van der Waals surface area contributed by atoms with Crippen LogP contribution in [0.2, 0.25) is 0 Å². The summed E-state index contributed by atoms with van der Waals surface area (Å²) in [6, 6.07) is 22.6. The molecule has 0 unspecified atom stereocenters. The SMILES string of the molecule is O=C(Nc1ccccc1)c1ccc(COC(=O)c2n[nH]c(=O)c3ccccc23)cc1. The molecule has 0 saturated carbocycles. The van der Waals surface area contributed by atoms with Gasteiger partial charge >= 0.3 is 5.97 Å². The third kappa shape index (κ3) is 4.10. The molecule has 2 N–H and O–H groups in total. The number of carbonyl (C=O) groups is 2. The number of para-hydroxylation sites is 1. The standard InChI is InChI=1S/C23H17N3O4/c27-21(24-17-6-2-1-3-7-17)16-12-10-15(11-13-16)14-30-23(29)20-18-8-4-5-9-19(18)22(28)26-25-20/h1-13H,14H2,(H,24,27)(H,26,28). The van der Waals surface area contributed by atoms with Crippen LogP contribution in [0.1, 0.15) is 26.4 Å². The van der Waals surface area contributed by atoms with Gasteiger partial charge in [-0.3, -0.25) is 9.59 Å². The maximum atomic E-state index is 12.5. The molecule has 1 amide bonds. The van der Waals surface area contributed by atoms with Crippen LogP contribution in [0.4, 0.5) is 5.69 Å². The molecule has 7 nitrogen and oxygen atoms in total. The molecule has 0 aliphatic heterocycles. The van der Waals surface area contributed by atoms with E-state index >= 15 is 0 Å². The second kappa shape index (κ2) is 8.40. The number of anilines is 1. The van der Waals surface area contributed by atoms with Gasteiger partial charge in [0.05, 0.1) is 5.39 Å². The zero-order valence-corrected chi connectivity index (χ0v) is 15.8. The van der Waals surface area contributed by atoms with Gasteiger partial charge < -0.3 is 10.1 Å². The van der Waals surface area contributed by atoms with Gasteiger partial charge in [0.2, 0.25) is 0 Å². The first-order valence-corrected chi connectivity index (χ1v) is 9.22. The summed E-state index contributed by atoms with van der Waals surface area (Å²) in [5, 5.41) is 9.75. The summed E-state index contributed by atoms with van der Waals surface area (Å²) in [5.41, 5.74) is 1.59. The van der Waals surface area contributed by atoms with E-state index in [1.165, 1.54) is 0 Å². The van der Waals surface area contributed by atoms with Crippen LogP contribution < -0.4 is 10.9 Å². The van der Waals surface area contributed by atoms with Gasteiger partial charge in [0, 0.05) is 16.6 Å². The Balaban J connectivity index is 1.42. The largest absolute Gasteiger partial charge is 0.456 e. The monoisotopic (exact) mass is 399 g/mol. The van der Waals surface area contributed by atoms with Gasteiger partial charge in [-0.1, -0.05) is 48.5 Å². The van der Waals surface area contributed by atoms with Crippen LogP contribution in [0.5, 0.6) is 0 Å². The molecule has 1 heterocycles. The Morgan fingerprint density at radius 2 is 1.53 bits per heavy atom. The van der Waals surface area contributed by atoms with E-state index in [-0.39, 0.29) is 23.8 Å². The van der Waals surface area contributed by atoms with E-state index in [1.54, 1.807) is 60.7 Å². The van der Waals surface area contributed by atoms with Crippen molar-refractivity contribution in [3.63, 3.8) is 0 Å². The van der Waals surface area contributed by atoms with Crippen molar-refractivity contribution >= 4 is 28.3 Å². The molecule has 0 bridgehead atoms. The minimum absolute atomic E-state index is 0.00848. The molecule has 0 spiro atoms. The second-order valence-corrected chi connectivity index (χ2v) is 6.54. The lowest BCUT2D eigenvalue weighted by Gasteiger charge is -2.08. The summed E-state index contributed by atoms with van der Waals surface area (Å²) in [5.74, 6) is -0.873. The first-order valence-electron chi connectivity index (χ1n) is 9.22. The molecule has 4 rings (SSSR count). The molecule has 0 atom stereocenters. The molecule has 1 aromatic heterocycles. The number of fused-ring (bicyclic) bond motifs is 1. The van der Waals surface area contributed by atoms with Gasteiger partial charge in [-0.05, 0) is 35.9 Å². The van der Waals surface area contributed by atoms with E-state index in [1.807, 2.05) is 18.2 Å². The maximum Gasteiger partial charge on any atom is 0.359 e. The number of esters is 1. The smallest absolute Gasteiger partial charge is 0.359 e. The average Bonchev–Trinajstić information content (AvgIpc) is 2.79. The number of ether oxygens (including phenoxy) is 1. The molecule has 148 valence electrons. The summed E-state index contributed by atoms with van der Waals surface area (Å²) in [7, 11) is 0. The lowest BCUT2D eigenvalue weighted by atomic mass is 10.1. The Kier molecular flexibility index (Phi) is 5.34. The highest BCUT2D eigenvalue weighted by molar-refractivity contribution is 6.04. The molecule has 30 heavy (non-hydrogen) atoms. The summed E-state index contributed by atoms with van der Waals surface area (Å²) in [6.07, 6.45) is 0. The number of benzene rings is 3. The van der Waals surface area contributed by atoms with Crippen molar-refractivity contribution in [2.24, 2.45) is 0 Å². The van der Waals surface area contributed by atoms with Crippen LogP contribution in [0, 0.1) is 0 Å². The minimum Gasteiger partial charge on any atom is -0.456 e. The molecule has 0 radical (unpaired) electrons. The topological polar surface area (TPSA) is 101 Å². The highest BCUT2D eigenvalue weighted by Crippen LogP contribution is 2.15. The Labute approximate surface area is 171 Å². The third-order valence-electron chi connectivity index (χ3n) is 4.51. The minimum atomic E-state index is -0.645. The molecule has 0 saturated heterocycles. The average molecular weight is 399 g/mol. The quantitative estimate of drug-likeness (QED) is 0.500. The highest BCUT2D eigenvalue weighted by Gasteiger charge is 2.15. The number of H-pyrrole nitrogens is 1.